The van der Waals surface area contributed by atoms with Crippen LogP contribution in [0.25, 0.3) is 0 Å². The second-order valence-electron chi connectivity index (χ2n) is 3.19. The standard InChI is InChI=1S/C10H17N3O/c1-3-4-8-7-9(11)13-10(12-8)5-6-14-2/h7H,3-6H2,1-2H3,(H2,11,12,13). The zero-order chi connectivity index (χ0) is 10.4. The number of aromatic nitrogens is 2. The third-order valence-corrected chi connectivity index (χ3v) is 1.88. The number of aryl methyl sites for hydroxylation is 1. The fourth-order valence-corrected chi connectivity index (χ4v) is 1.26. The van der Waals surface area contributed by atoms with E-state index in [2.05, 4.69) is 16.9 Å². The molecule has 0 aliphatic rings. The molecule has 4 heteroatoms. The van der Waals surface area contributed by atoms with Crippen LogP contribution in [0.1, 0.15) is 24.9 Å². The van der Waals surface area contributed by atoms with Gasteiger partial charge in [0.15, 0.2) is 0 Å². The monoisotopic (exact) mass is 195 g/mol. The smallest absolute Gasteiger partial charge is 0.133 e. The normalized spacial score (nSPS) is 10.4. The van der Waals surface area contributed by atoms with Gasteiger partial charge in [-0.3, -0.25) is 0 Å². The Kier molecular flexibility index (Phi) is 4.32. The highest BCUT2D eigenvalue weighted by Crippen LogP contribution is 2.06. The van der Waals surface area contributed by atoms with Crippen LogP contribution in [-0.2, 0) is 17.6 Å². The van der Waals surface area contributed by atoms with E-state index in [4.69, 9.17) is 10.5 Å². The largest absolute Gasteiger partial charge is 0.384 e. The van der Waals surface area contributed by atoms with E-state index in [1.807, 2.05) is 6.07 Å². The van der Waals surface area contributed by atoms with Gasteiger partial charge in [-0.2, -0.15) is 0 Å². The van der Waals surface area contributed by atoms with Crippen molar-refractivity contribution in [3.63, 3.8) is 0 Å². The van der Waals surface area contributed by atoms with Crippen LogP contribution in [0.3, 0.4) is 0 Å². The highest BCUT2D eigenvalue weighted by atomic mass is 16.5. The second kappa shape index (κ2) is 5.54. The molecular formula is C10H17N3O. The summed E-state index contributed by atoms with van der Waals surface area (Å²) in [4.78, 5) is 8.53. The lowest BCUT2D eigenvalue weighted by molar-refractivity contribution is 0.200. The van der Waals surface area contributed by atoms with Gasteiger partial charge in [0.05, 0.1) is 6.61 Å². The van der Waals surface area contributed by atoms with Gasteiger partial charge in [0.2, 0.25) is 0 Å². The Bertz CT molecular complexity index is 289. The molecule has 0 bridgehead atoms. The molecule has 0 unspecified atom stereocenters. The third-order valence-electron chi connectivity index (χ3n) is 1.88. The van der Waals surface area contributed by atoms with E-state index in [0.717, 1.165) is 30.8 Å². The lowest BCUT2D eigenvalue weighted by Gasteiger charge is -2.04. The van der Waals surface area contributed by atoms with Crippen molar-refractivity contribution in [3.8, 4) is 0 Å². The first-order valence-electron chi connectivity index (χ1n) is 4.87. The Morgan fingerprint density at radius 1 is 1.36 bits per heavy atom. The maximum atomic E-state index is 5.67. The summed E-state index contributed by atoms with van der Waals surface area (Å²) in [6.45, 7) is 2.75. The lowest BCUT2D eigenvalue weighted by Crippen LogP contribution is -2.06. The number of methoxy groups -OCH3 is 1. The number of nitrogen functional groups attached to an aromatic ring is 1. The molecule has 0 saturated carbocycles. The van der Waals surface area contributed by atoms with E-state index in [1.54, 1.807) is 7.11 Å². The fraction of sp³-hybridized carbons (Fsp3) is 0.600. The first-order valence-corrected chi connectivity index (χ1v) is 4.87. The Morgan fingerprint density at radius 3 is 2.79 bits per heavy atom. The molecule has 1 aromatic heterocycles. The minimum atomic E-state index is 0.551. The molecule has 4 nitrogen and oxygen atoms in total. The molecule has 0 aliphatic heterocycles. The molecule has 2 N–H and O–H groups in total. The number of ether oxygens (including phenoxy) is 1. The Balaban J connectivity index is 2.73. The molecule has 1 rings (SSSR count). The molecule has 14 heavy (non-hydrogen) atoms. The van der Waals surface area contributed by atoms with Crippen LogP contribution in [0.2, 0.25) is 0 Å². The predicted molar refractivity (Wildman–Crippen MR) is 56.0 cm³/mol. The highest BCUT2D eigenvalue weighted by Gasteiger charge is 2.01. The third kappa shape index (κ3) is 3.30. The Labute approximate surface area is 84.5 Å². The average Bonchev–Trinajstić information content (AvgIpc) is 2.14. The fourth-order valence-electron chi connectivity index (χ4n) is 1.26. The van der Waals surface area contributed by atoms with Crippen LogP contribution < -0.4 is 5.73 Å². The summed E-state index contributed by atoms with van der Waals surface area (Å²) in [5, 5.41) is 0. The van der Waals surface area contributed by atoms with Gasteiger partial charge >= 0.3 is 0 Å². The van der Waals surface area contributed by atoms with Crippen LogP contribution in [0.15, 0.2) is 6.07 Å². The summed E-state index contributed by atoms with van der Waals surface area (Å²) < 4.78 is 4.96. The number of rotatable bonds is 5. The van der Waals surface area contributed by atoms with Gasteiger partial charge in [-0.1, -0.05) is 13.3 Å². The SMILES string of the molecule is CCCc1cc(N)nc(CCOC)n1. The molecule has 0 aliphatic carbocycles. The molecule has 0 atom stereocenters. The van der Waals surface area contributed by atoms with E-state index in [1.165, 1.54) is 0 Å². The number of anilines is 1. The van der Waals surface area contributed by atoms with Gasteiger partial charge in [-0.15, -0.1) is 0 Å². The quantitative estimate of drug-likeness (QED) is 0.767. The van der Waals surface area contributed by atoms with Crippen molar-refractivity contribution in [1.29, 1.82) is 0 Å². The van der Waals surface area contributed by atoms with E-state index < -0.39 is 0 Å². The summed E-state index contributed by atoms with van der Waals surface area (Å²) in [5.74, 6) is 1.32. The van der Waals surface area contributed by atoms with Gasteiger partial charge < -0.3 is 10.5 Å². The zero-order valence-corrected chi connectivity index (χ0v) is 8.79. The summed E-state index contributed by atoms with van der Waals surface area (Å²) in [7, 11) is 1.67. The predicted octanol–water partition coefficient (Wildman–Crippen LogP) is 1.20. The molecule has 1 heterocycles. The van der Waals surface area contributed by atoms with Crippen molar-refractivity contribution >= 4 is 5.82 Å². The maximum Gasteiger partial charge on any atom is 0.133 e. The molecule has 0 fully saturated rings. The van der Waals surface area contributed by atoms with Gasteiger partial charge in [-0.05, 0) is 6.42 Å². The van der Waals surface area contributed by atoms with Crippen molar-refractivity contribution in [3.05, 3.63) is 17.6 Å². The van der Waals surface area contributed by atoms with Crippen LogP contribution >= 0.6 is 0 Å². The van der Waals surface area contributed by atoms with Crippen LogP contribution in [-0.4, -0.2) is 23.7 Å². The van der Waals surface area contributed by atoms with Gasteiger partial charge in [0, 0.05) is 25.3 Å². The molecule has 0 radical (unpaired) electrons. The lowest BCUT2D eigenvalue weighted by atomic mass is 10.2. The zero-order valence-electron chi connectivity index (χ0n) is 8.79. The number of nitrogens with two attached hydrogens (primary N) is 1. The van der Waals surface area contributed by atoms with Crippen LogP contribution in [0.5, 0.6) is 0 Å². The van der Waals surface area contributed by atoms with E-state index in [0.29, 0.717) is 12.4 Å². The average molecular weight is 195 g/mol. The second-order valence-corrected chi connectivity index (χ2v) is 3.19. The summed E-state index contributed by atoms with van der Waals surface area (Å²) in [6.07, 6.45) is 2.74. The first kappa shape index (κ1) is 10.9. The summed E-state index contributed by atoms with van der Waals surface area (Å²) >= 11 is 0. The van der Waals surface area contributed by atoms with E-state index in [9.17, 15) is 0 Å². The Morgan fingerprint density at radius 2 is 2.14 bits per heavy atom. The summed E-state index contributed by atoms with van der Waals surface area (Å²) in [5.41, 5.74) is 6.69. The van der Waals surface area contributed by atoms with Crippen molar-refractivity contribution in [2.24, 2.45) is 0 Å². The van der Waals surface area contributed by atoms with Crippen molar-refractivity contribution in [2.75, 3.05) is 19.5 Å². The topological polar surface area (TPSA) is 61.0 Å². The highest BCUT2D eigenvalue weighted by molar-refractivity contribution is 5.29. The van der Waals surface area contributed by atoms with Gasteiger partial charge in [0.1, 0.15) is 11.6 Å². The van der Waals surface area contributed by atoms with Crippen molar-refractivity contribution in [1.82, 2.24) is 9.97 Å². The molecule has 0 saturated heterocycles. The van der Waals surface area contributed by atoms with Gasteiger partial charge in [-0.25, -0.2) is 9.97 Å². The molecular weight excluding hydrogens is 178 g/mol. The van der Waals surface area contributed by atoms with Crippen LogP contribution in [0.4, 0.5) is 5.82 Å². The van der Waals surface area contributed by atoms with E-state index in [-0.39, 0.29) is 0 Å². The number of nitrogens with zero attached hydrogens (tertiary/aromatic N) is 2. The summed E-state index contributed by atoms with van der Waals surface area (Å²) in [6, 6.07) is 1.83. The molecule has 78 valence electrons. The number of hydrogen-bond acceptors (Lipinski definition) is 4. The first-order chi connectivity index (χ1) is 6.76. The molecule has 0 aromatic carbocycles. The van der Waals surface area contributed by atoms with Gasteiger partial charge in [0.25, 0.3) is 0 Å². The van der Waals surface area contributed by atoms with Crippen LogP contribution in [0, 0.1) is 0 Å². The minimum absolute atomic E-state index is 0.551. The molecule has 1 aromatic rings. The van der Waals surface area contributed by atoms with Crippen molar-refractivity contribution in [2.45, 2.75) is 26.2 Å². The van der Waals surface area contributed by atoms with E-state index >= 15 is 0 Å². The number of hydrogen-bond donors (Lipinski definition) is 1. The maximum absolute atomic E-state index is 5.67. The minimum Gasteiger partial charge on any atom is -0.384 e. The Hall–Kier alpha value is -1.16. The molecule has 0 spiro atoms. The molecule has 0 amide bonds. The van der Waals surface area contributed by atoms with Crippen molar-refractivity contribution < 1.29 is 4.74 Å².